The number of likely N-dealkylation sites (tertiary alicyclic amines) is 2. The molecular formula is C18H30N2O2. The third-order valence-corrected chi connectivity index (χ3v) is 6.37. The quantitative estimate of drug-likeness (QED) is 0.799. The lowest BCUT2D eigenvalue weighted by Crippen LogP contribution is -2.47. The molecule has 3 aliphatic heterocycles. The molecule has 4 rings (SSSR count). The summed E-state index contributed by atoms with van der Waals surface area (Å²) in [6.45, 7) is 6.54. The van der Waals surface area contributed by atoms with Crippen LogP contribution >= 0.6 is 0 Å². The van der Waals surface area contributed by atoms with Crippen molar-refractivity contribution < 1.29 is 9.53 Å². The van der Waals surface area contributed by atoms with Crippen molar-refractivity contribution in [3.63, 3.8) is 0 Å². The molecule has 0 aromatic heterocycles. The van der Waals surface area contributed by atoms with Crippen LogP contribution in [0.15, 0.2) is 0 Å². The van der Waals surface area contributed by atoms with Crippen molar-refractivity contribution in [3.8, 4) is 0 Å². The van der Waals surface area contributed by atoms with E-state index >= 15 is 0 Å². The smallest absolute Gasteiger partial charge is 0.223 e. The highest BCUT2D eigenvalue weighted by Gasteiger charge is 2.47. The number of amides is 1. The Morgan fingerprint density at radius 2 is 1.95 bits per heavy atom. The summed E-state index contributed by atoms with van der Waals surface area (Å²) in [6, 6.07) is 0. The van der Waals surface area contributed by atoms with Crippen molar-refractivity contribution in [1.29, 1.82) is 0 Å². The molecule has 1 amide bonds. The summed E-state index contributed by atoms with van der Waals surface area (Å²) in [5.74, 6) is 1.99. The minimum absolute atomic E-state index is 0.209. The van der Waals surface area contributed by atoms with Crippen molar-refractivity contribution in [1.82, 2.24) is 9.80 Å². The topological polar surface area (TPSA) is 32.8 Å². The minimum atomic E-state index is 0.209. The van der Waals surface area contributed by atoms with E-state index in [-0.39, 0.29) is 5.54 Å². The lowest BCUT2D eigenvalue weighted by atomic mass is 9.87. The second-order valence-corrected chi connectivity index (χ2v) is 8.06. The Morgan fingerprint density at radius 1 is 1.05 bits per heavy atom. The van der Waals surface area contributed by atoms with E-state index in [1.807, 2.05) is 0 Å². The Morgan fingerprint density at radius 3 is 2.73 bits per heavy atom. The van der Waals surface area contributed by atoms with Gasteiger partial charge in [-0.2, -0.15) is 0 Å². The number of carbonyl (C=O) groups is 1. The number of hydrogen-bond donors (Lipinski definition) is 0. The van der Waals surface area contributed by atoms with Gasteiger partial charge in [0.15, 0.2) is 0 Å². The van der Waals surface area contributed by atoms with Gasteiger partial charge in [-0.05, 0) is 63.3 Å². The predicted octanol–water partition coefficient (Wildman–Crippen LogP) is 2.28. The molecule has 0 N–H and O–H groups in total. The molecule has 0 radical (unpaired) electrons. The Kier molecular flexibility index (Phi) is 4.16. The van der Waals surface area contributed by atoms with Crippen LogP contribution in [0.5, 0.6) is 0 Å². The molecule has 2 atom stereocenters. The summed E-state index contributed by atoms with van der Waals surface area (Å²) in [5.41, 5.74) is 0.209. The molecule has 4 aliphatic rings. The number of hydrogen-bond acceptors (Lipinski definition) is 3. The standard InChI is InChI=1S/C18H30N2O2/c21-17-4-7-18(20(17)13-15-2-3-15)6-1-9-19(10-8-18)12-16-5-11-22-14-16/h15-16H,1-14H2/t16-,18+/m0/s1. The average molecular weight is 306 g/mol. The zero-order valence-electron chi connectivity index (χ0n) is 13.8. The monoisotopic (exact) mass is 306 g/mol. The van der Waals surface area contributed by atoms with E-state index in [2.05, 4.69) is 9.80 Å². The maximum atomic E-state index is 12.4. The van der Waals surface area contributed by atoms with Crippen molar-refractivity contribution >= 4 is 5.91 Å². The molecule has 0 aromatic carbocycles. The number of carbonyl (C=O) groups excluding carboxylic acids is 1. The third-order valence-electron chi connectivity index (χ3n) is 6.37. The molecule has 1 saturated carbocycles. The van der Waals surface area contributed by atoms with Crippen molar-refractivity contribution in [2.45, 2.75) is 56.9 Å². The fourth-order valence-electron chi connectivity index (χ4n) is 4.76. The van der Waals surface area contributed by atoms with Crippen molar-refractivity contribution in [2.24, 2.45) is 11.8 Å². The van der Waals surface area contributed by atoms with Gasteiger partial charge in [0.2, 0.25) is 5.91 Å². The van der Waals surface area contributed by atoms with Crippen molar-refractivity contribution in [3.05, 3.63) is 0 Å². The number of rotatable bonds is 4. The van der Waals surface area contributed by atoms with Crippen LogP contribution in [0.3, 0.4) is 0 Å². The molecule has 1 spiro atoms. The van der Waals surface area contributed by atoms with Crippen LogP contribution in [0, 0.1) is 11.8 Å². The summed E-state index contributed by atoms with van der Waals surface area (Å²) >= 11 is 0. The van der Waals surface area contributed by atoms with Crippen LogP contribution in [0.1, 0.15) is 51.4 Å². The summed E-state index contributed by atoms with van der Waals surface area (Å²) in [5, 5.41) is 0. The van der Waals surface area contributed by atoms with Gasteiger partial charge >= 0.3 is 0 Å². The highest BCUT2D eigenvalue weighted by molar-refractivity contribution is 5.79. The highest BCUT2D eigenvalue weighted by Crippen LogP contribution is 2.42. The predicted molar refractivity (Wildman–Crippen MR) is 85.6 cm³/mol. The molecule has 4 heteroatoms. The summed E-state index contributed by atoms with van der Waals surface area (Å²) < 4.78 is 5.53. The van der Waals surface area contributed by atoms with Crippen LogP contribution in [-0.2, 0) is 9.53 Å². The second kappa shape index (κ2) is 6.12. The molecule has 4 nitrogen and oxygen atoms in total. The van der Waals surface area contributed by atoms with Gasteiger partial charge in [0.05, 0.1) is 6.61 Å². The Bertz CT molecular complexity index is 417. The van der Waals surface area contributed by atoms with E-state index in [1.54, 1.807) is 0 Å². The van der Waals surface area contributed by atoms with Gasteiger partial charge in [-0.15, -0.1) is 0 Å². The van der Waals surface area contributed by atoms with Gasteiger partial charge in [0.1, 0.15) is 0 Å². The normalized spacial score (nSPS) is 37.2. The fraction of sp³-hybridized carbons (Fsp3) is 0.944. The largest absolute Gasteiger partial charge is 0.381 e. The van der Waals surface area contributed by atoms with Crippen LogP contribution in [0.25, 0.3) is 0 Å². The summed E-state index contributed by atoms with van der Waals surface area (Å²) in [6.07, 6.45) is 9.49. The van der Waals surface area contributed by atoms with Crippen LogP contribution in [-0.4, -0.2) is 60.6 Å². The molecule has 4 fully saturated rings. The van der Waals surface area contributed by atoms with Gasteiger partial charge < -0.3 is 14.5 Å². The van der Waals surface area contributed by atoms with Gasteiger partial charge in [-0.3, -0.25) is 4.79 Å². The van der Waals surface area contributed by atoms with E-state index in [9.17, 15) is 4.79 Å². The van der Waals surface area contributed by atoms with E-state index < -0.39 is 0 Å². The zero-order chi connectivity index (χ0) is 15.0. The Labute approximate surface area is 134 Å². The zero-order valence-corrected chi connectivity index (χ0v) is 13.8. The van der Waals surface area contributed by atoms with Gasteiger partial charge in [-0.25, -0.2) is 0 Å². The average Bonchev–Trinajstić information content (AvgIpc) is 3.16. The van der Waals surface area contributed by atoms with Gasteiger partial charge in [-0.1, -0.05) is 0 Å². The lowest BCUT2D eigenvalue weighted by Gasteiger charge is -2.38. The lowest BCUT2D eigenvalue weighted by molar-refractivity contribution is -0.131. The van der Waals surface area contributed by atoms with Crippen LogP contribution in [0.4, 0.5) is 0 Å². The van der Waals surface area contributed by atoms with Crippen molar-refractivity contribution in [2.75, 3.05) is 39.4 Å². The molecule has 1 aliphatic carbocycles. The fourth-order valence-corrected chi connectivity index (χ4v) is 4.76. The Balaban J connectivity index is 1.38. The van der Waals surface area contributed by atoms with E-state index in [0.29, 0.717) is 5.91 Å². The van der Waals surface area contributed by atoms with Gasteiger partial charge in [0.25, 0.3) is 0 Å². The molecule has 3 saturated heterocycles. The SMILES string of the molecule is O=C1CC[C@@]2(CCCN(C[C@@H]3CCOC3)CC2)N1CC1CC1. The Hall–Kier alpha value is -0.610. The van der Waals surface area contributed by atoms with E-state index in [1.165, 1.54) is 58.2 Å². The first kappa shape index (κ1) is 14.9. The third kappa shape index (κ3) is 3.05. The summed E-state index contributed by atoms with van der Waals surface area (Å²) in [7, 11) is 0. The molecule has 0 unspecified atom stereocenters. The van der Waals surface area contributed by atoms with Crippen LogP contribution in [0.2, 0.25) is 0 Å². The van der Waals surface area contributed by atoms with E-state index in [0.717, 1.165) is 44.4 Å². The first-order valence-corrected chi connectivity index (χ1v) is 9.36. The maximum absolute atomic E-state index is 12.4. The molecule has 124 valence electrons. The highest BCUT2D eigenvalue weighted by atomic mass is 16.5. The van der Waals surface area contributed by atoms with E-state index in [4.69, 9.17) is 4.74 Å². The van der Waals surface area contributed by atoms with Crippen LogP contribution < -0.4 is 0 Å². The second-order valence-electron chi connectivity index (χ2n) is 8.06. The molecule has 0 bridgehead atoms. The molecule has 0 aromatic rings. The number of ether oxygens (including phenoxy) is 1. The number of nitrogens with zero attached hydrogens (tertiary/aromatic N) is 2. The maximum Gasteiger partial charge on any atom is 0.223 e. The molecular weight excluding hydrogens is 276 g/mol. The minimum Gasteiger partial charge on any atom is -0.381 e. The molecule has 3 heterocycles. The van der Waals surface area contributed by atoms with Gasteiger partial charge in [0, 0.05) is 38.2 Å². The summed E-state index contributed by atoms with van der Waals surface area (Å²) in [4.78, 5) is 17.3. The first-order valence-electron chi connectivity index (χ1n) is 9.36. The first-order chi connectivity index (χ1) is 10.8. The molecule has 22 heavy (non-hydrogen) atoms.